The number of anilines is 2. The van der Waals surface area contributed by atoms with Gasteiger partial charge in [-0.1, -0.05) is 104 Å². The van der Waals surface area contributed by atoms with Crippen molar-refractivity contribution >= 4 is 28.7 Å². The minimum Gasteiger partial charge on any atom is -0.385 e. The topological polar surface area (TPSA) is 56.7 Å². The summed E-state index contributed by atoms with van der Waals surface area (Å²) in [7, 11) is 0. The molecule has 2 aromatic rings. The van der Waals surface area contributed by atoms with Gasteiger partial charge in [0.2, 0.25) is 0 Å². The van der Waals surface area contributed by atoms with Gasteiger partial charge in [-0.15, -0.1) is 6.58 Å². The molecule has 48 heavy (non-hydrogen) atoms. The first kappa shape index (κ1) is 46.5. The van der Waals surface area contributed by atoms with Crippen molar-refractivity contribution in [3.05, 3.63) is 89.7 Å². The van der Waals surface area contributed by atoms with E-state index in [1.165, 1.54) is 62.0 Å². The molecule has 0 unspecified atom stereocenters. The second-order valence-electron chi connectivity index (χ2n) is 12.1. The zero-order chi connectivity index (χ0) is 36.9. The van der Waals surface area contributed by atoms with Gasteiger partial charge in [0.1, 0.15) is 0 Å². The first-order chi connectivity index (χ1) is 22.9. The number of carbonyl (C=O) groups excluding carboxylic acids is 1. The third-order valence-corrected chi connectivity index (χ3v) is 7.45. The summed E-state index contributed by atoms with van der Waals surface area (Å²) in [5.74, 6) is -0.141. The monoisotopic (exact) mass is 661 g/mol. The molecule has 5 heteroatoms. The zero-order valence-electron chi connectivity index (χ0n) is 33.1. The Hall–Kier alpha value is -3.60. The van der Waals surface area contributed by atoms with Gasteiger partial charge in [-0.2, -0.15) is 0 Å². The highest BCUT2D eigenvalue weighted by molar-refractivity contribution is 6.04. The predicted molar refractivity (Wildman–Crippen MR) is 219 cm³/mol. The van der Waals surface area contributed by atoms with E-state index in [-0.39, 0.29) is 5.91 Å². The molecule has 1 amide bonds. The van der Waals surface area contributed by atoms with Gasteiger partial charge in [-0.3, -0.25) is 9.79 Å². The summed E-state index contributed by atoms with van der Waals surface area (Å²) in [6.45, 7) is 36.0. The summed E-state index contributed by atoms with van der Waals surface area (Å²) >= 11 is 0. The number of rotatable bonds is 17. The van der Waals surface area contributed by atoms with E-state index in [1.54, 1.807) is 13.1 Å². The van der Waals surface area contributed by atoms with E-state index in [0.717, 1.165) is 54.0 Å². The Morgan fingerprint density at radius 1 is 0.833 bits per heavy atom. The van der Waals surface area contributed by atoms with Crippen molar-refractivity contribution in [2.75, 3.05) is 29.9 Å². The van der Waals surface area contributed by atoms with Crippen LogP contribution in [0.5, 0.6) is 0 Å². The molecule has 2 rings (SSSR count). The number of hydrogen-bond donors (Lipinski definition) is 2. The predicted octanol–water partition coefficient (Wildman–Crippen LogP) is 12.5. The summed E-state index contributed by atoms with van der Waals surface area (Å²) in [6.07, 6.45) is 11.0. The molecule has 0 heterocycles. The standard InChI is InChI=1S/C21H31N3O.C13H21N.C7H14.C2H6/c1-7-9-12-22-18(6)19-11-10-15(3)20(13-19)24-21(25)16(4)14-23-17(5)8-2;1-4-10-14(11-5-2)13-9-7-6-8-12(13)3;1-4-5-6-7(2)3;1-2/h10-11,13-14,22H,6-9,12H2,1-5H3,(H,24,25);6-9H,4-5,10-11H2,1-3H3;2,4-6H2,1,3H3;1-2H3/b16-14+,23-17?;;;. The van der Waals surface area contributed by atoms with Crippen LogP contribution in [0.3, 0.4) is 0 Å². The Bertz CT molecular complexity index is 1240. The number of amides is 1. The van der Waals surface area contributed by atoms with Gasteiger partial charge in [0, 0.05) is 54.2 Å². The Morgan fingerprint density at radius 2 is 1.44 bits per heavy atom. The molecule has 0 atom stereocenters. The summed E-state index contributed by atoms with van der Waals surface area (Å²) in [5.41, 5.74) is 9.34. The minimum atomic E-state index is -0.141. The Kier molecular flexibility index (Phi) is 28.6. The number of benzene rings is 2. The molecule has 0 radical (unpaired) electrons. The second kappa shape index (κ2) is 29.5. The molecule has 2 N–H and O–H groups in total. The van der Waals surface area contributed by atoms with E-state index in [0.29, 0.717) is 5.57 Å². The molecular formula is C43H72N4O. The van der Waals surface area contributed by atoms with Crippen LogP contribution in [0, 0.1) is 13.8 Å². The Morgan fingerprint density at radius 3 is 1.94 bits per heavy atom. The van der Waals surface area contributed by atoms with Crippen LogP contribution < -0.4 is 15.5 Å². The van der Waals surface area contributed by atoms with Crippen molar-refractivity contribution in [3.63, 3.8) is 0 Å². The smallest absolute Gasteiger partial charge is 0.252 e. The van der Waals surface area contributed by atoms with Crippen molar-refractivity contribution in [3.8, 4) is 0 Å². The van der Waals surface area contributed by atoms with Crippen molar-refractivity contribution in [2.24, 2.45) is 4.99 Å². The van der Waals surface area contributed by atoms with Crippen LogP contribution in [0.2, 0.25) is 0 Å². The van der Waals surface area contributed by atoms with Gasteiger partial charge in [0.05, 0.1) is 0 Å². The molecule has 0 spiro atoms. The number of unbranched alkanes of at least 4 members (excludes halogenated alkanes) is 2. The molecule has 0 aromatic heterocycles. The van der Waals surface area contributed by atoms with Gasteiger partial charge in [0.25, 0.3) is 5.91 Å². The van der Waals surface area contributed by atoms with Crippen LogP contribution in [0.1, 0.15) is 137 Å². The fraction of sp³-hybridized carbons (Fsp3) is 0.535. The number of para-hydroxylation sites is 1. The highest BCUT2D eigenvalue weighted by Crippen LogP contribution is 2.22. The average Bonchev–Trinajstić information content (AvgIpc) is 3.08. The van der Waals surface area contributed by atoms with Gasteiger partial charge in [-0.25, -0.2) is 0 Å². The van der Waals surface area contributed by atoms with Gasteiger partial charge in [0.15, 0.2) is 0 Å². The molecule has 0 aliphatic heterocycles. The fourth-order valence-corrected chi connectivity index (χ4v) is 4.33. The lowest BCUT2D eigenvalue weighted by molar-refractivity contribution is -0.112. The fourth-order valence-electron chi connectivity index (χ4n) is 4.33. The molecule has 5 nitrogen and oxygen atoms in total. The number of nitrogens with zero attached hydrogens (tertiary/aromatic N) is 2. The van der Waals surface area contributed by atoms with E-state index in [4.69, 9.17) is 0 Å². The van der Waals surface area contributed by atoms with E-state index in [1.807, 2.05) is 52.8 Å². The van der Waals surface area contributed by atoms with Crippen molar-refractivity contribution in [2.45, 2.75) is 134 Å². The Labute approximate surface area is 297 Å². The van der Waals surface area contributed by atoms with Crippen molar-refractivity contribution < 1.29 is 4.79 Å². The molecule has 2 aromatic carbocycles. The molecular weight excluding hydrogens is 589 g/mol. The SMILES string of the molecule is C=C(C)CCCC.C=C(NCCCC)c1ccc(C)c(NC(=O)/C(C)=C/N=C(C)CC)c1.CC.CCCN(CCC)c1ccccc1C. The summed E-state index contributed by atoms with van der Waals surface area (Å²) in [5, 5.41) is 6.29. The molecule has 0 aliphatic rings. The first-order valence-corrected chi connectivity index (χ1v) is 18.4. The van der Waals surface area contributed by atoms with Crippen LogP contribution in [0.4, 0.5) is 11.4 Å². The number of nitrogens with one attached hydrogen (secondary N) is 2. The second-order valence-corrected chi connectivity index (χ2v) is 12.1. The number of aryl methyl sites for hydroxylation is 2. The van der Waals surface area contributed by atoms with Crippen LogP contribution in [-0.2, 0) is 4.79 Å². The third kappa shape index (κ3) is 21.3. The van der Waals surface area contributed by atoms with E-state index in [2.05, 4.69) is 99.5 Å². The molecule has 0 fully saturated rings. The van der Waals surface area contributed by atoms with Gasteiger partial charge >= 0.3 is 0 Å². The number of aliphatic imine (C=N–C) groups is 1. The maximum Gasteiger partial charge on any atom is 0.252 e. The van der Waals surface area contributed by atoms with Crippen molar-refractivity contribution in [1.29, 1.82) is 0 Å². The maximum absolute atomic E-state index is 12.4. The number of carbonyl (C=O) groups is 1. The molecule has 0 saturated carbocycles. The van der Waals surface area contributed by atoms with Crippen molar-refractivity contribution in [1.82, 2.24) is 5.32 Å². The van der Waals surface area contributed by atoms with Crippen LogP contribution in [-0.4, -0.2) is 31.3 Å². The Balaban J connectivity index is 0. The lowest BCUT2D eigenvalue weighted by atomic mass is 10.1. The summed E-state index contributed by atoms with van der Waals surface area (Å²) in [6, 6.07) is 14.6. The summed E-state index contributed by atoms with van der Waals surface area (Å²) in [4.78, 5) is 19.1. The van der Waals surface area contributed by atoms with E-state index >= 15 is 0 Å². The lowest BCUT2D eigenvalue weighted by Gasteiger charge is -2.25. The molecule has 270 valence electrons. The largest absolute Gasteiger partial charge is 0.385 e. The van der Waals surface area contributed by atoms with Gasteiger partial charge in [-0.05, 0) is 102 Å². The zero-order valence-corrected chi connectivity index (χ0v) is 33.1. The van der Waals surface area contributed by atoms with Gasteiger partial charge < -0.3 is 15.5 Å². The number of hydrogen-bond acceptors (Lipinski definition) is 4. The highest BCUT2D eigenvalue weighted by atomic mass is 16.1. The van der Waals surface area contributed by atoms with Crippen LogP contribution >= 0.6 is 0 Å². The number of allylic oxidation sites excluding steroid dienone is 1. The molecule has 0 aliphatic carbocycles. The molecule has 0 saturated heterocycles. The summed E-state index contributed by atoms with van der Waals surface area (Å²) < 4.78 is 0. The van der Waals surface area contributed by atoms with E-state index < -0.39 is 0 Å². The molecule has 0 bridgehead atoms. The lowest BCUT2D eigenvalue weighted by Crippen LogP contribution is -2.25. The van der Waals surface area contributed by atoms with Crippen LogP contribution in [0.15, 0.2) is 78.0 Å². The maximum atomic E-state index is 12.4. The highest BCUT2D eigenvalue weighted by Gasteiger charge is 2.09. The quantitative estimate of drug-likeness (QED) is 0.0768. The van der Waals surface area contributed by atoms with E-state index in [9.17, 15) is 4.79 Å². The third-order valence-electron chi connectivity index (χ3n) is 7.45. The van der Waals surface area contributed by atoms with Crippen LogP contribution in [0.25, 0.3) is 5.70 Å². The normalized spacial score (nSPS) is 10.7. The minimum absolute atomic E-state index is 0.141. The first-order valence-electron chi connectivity index (χ1n) is 18.4. The average molecular weight is 661 g/mol.